The maximum Gasteiger partial charge on any atom is 0.125 e. The number of nitrogens with zero attached hydrogens (tertiary/aromatic N) is 1. The van der Waals surface area contributed by atoms with E-state index in [0.29, 0.717) is 5.56 Å². The molecule has 0 spiro atoms. The van der Waals surface area contributed by atoms with Crippen LogP contribution in [0.2, 0.25) is 0 Å². The van der Waals surface area contributed by atoms with Crippen LogP contribution < -0.4 is 10.5 Å². The number of rotatable bonds is 6. The van der Waals surface area contributed by atoms with E-state index in [4.69, 9.17) is 15.7 Å². The highest BCUT2D eigenvalue weighted by Gasteiger charge is 2.12. The van der Waals surface area contributed by atoms with Crippen LogP contribution in [0.4, 0.5) is 0 Å². The summed E-state index contributed by atoms with van der Waals surface area (Å²) in [5.41, 5.74) is 7.99. The summed E-state index contributed by atoms with van der Waals surface area (Å²) >= 11 is 0. The van der Waals surface area contributed by atoms with Gasteiger partial charge in [-0.15, -0.1) is 0 Å². The number of nitriles is 1. The molecule has 4 nitrogen and oxygen atoms in total. The summed E-state index contributed by atoms with van der Waals surface area (Å²) in [5, 5.41) is 18.4. The molecule has 98 valence electrons. The Hall–Kier alpha value is -1.57. The second-order valence-electron chi connectivity index (χ2n) is 4.14. The molecular formula is C14H20N2O2. The van der Waals surface area contributed by atoms with Crippen LogP contribution >= 0.6 is 0 Å². The zero-order valence-electron chi connectivity index (χ0n) is 10.9. The van der Waals surface area contributed by atoms with Gasteiger partial charge in [0, 0.05) is 6.54 Å². The zero-order valence-corrected chi connectivity index (χ0v) is 10.9. The van der Waals surface area contributed by atoms with Gasteiger partial charge in [-0.1, -0.05) is 13.8 Å². The zero-order chi connectivity index (χ0) is 13.5. The van der Waals surface area contributed by atoms with E-state index in [-0.39, 0.29) is 13.2 Å². The molecule has 0 radical (unpaired) electrons. The standard InChI is InChI=1S/C14H20N2O2/c1-3-11-5-10(7-15)6-12(4-2)14(11)18-9-13(17)8-16/h5-6,13,17H,3-4,8-9,16H2,1-2H3/t13-/m0/s1. The van der Waals surface area contributed by atoms with Crippen molar-refractivity contribution in [3.63, 3.8) is 0 Å². The molecule has 1 atom stereocenters. The minimum Gasteiger partial charge on any atom is -0.490 e. The predicted molar refractivity (Wildman–Crippen MR) is 70.5 cm³/mol. The molecule has 0 aliphatic carbocycles. The Balaban J connectivity index is 3.04. The summed E-state index contributed by atoms with van der Waals surface area (Å²) in [6, 6.07) is 5.83. The van der Waals surface area contributed by atoms with E-state index >= 15 is 0 Å². The Morgan fingerprint density at radius 2 is 1.89 bits per heavy atom. The summed E-state index contributed by atoms with van der Waals surface area (Å²) < 4.78 is 5.66. The van der Waals surface area contributed by atoms with Gasteiger partial charge in [0.25, 0.3) is 0 Å². The quantitative estimate of drug-likeness (QED) is 0.797. The van der Waals surface area contributed by atoms with Crippen molar-refractivity contribution in [2.45, 2.75) is 32.8 Å². The van der Waals surface area contributed by atoms with Gasteiger partial charge in [0.15, 0.2) is 0 Å². The number of hydrogen-bond acceptors (Lipinski definition) is 4. The van der Waals surface area contributed by atoms with Gasteiger partial charge >= 0.3 is 0 Å². The van der Waals surface area contributed by atoms with E-state index in [1.54, 1.807) is 0 Å². The van der Waals surface area contributed by atoms with Crippen molar-refractivity contribution >= 4 is 0 Å². The molecule has 0 bridgehead atoms. The normalized spacial score (nSPS) is 11.9. The van der Waals surface area contributed by atoms with Gasteiger partial charge < -0.3 is 15.6 Å². The van der Waals surface area contributed by atoms with Crippen molar-refractivity contribution < 1.29 is 9.84 Å². The summed E-state index contributed by atoms with van der Waals surface area (Å²) in [6.45, 7) is 4.39. The van der Waals surface area contributed by atoms with Crippen molar-refractivity contribution in [3.8, 4) is 11.8 Å². The average Bonchev–Trinajstić information content (AvgIpc) is 2.43. The molecule has 0 saturated carbocycles. The molecule has 0 unspecified atom stereocenters. The first-order valence-electron chi connectivity index (χ1n) is 6.23. The van der Waals surface area contributed by atoms with Crippen molar-refractivity contribution in [1.29, 1.82) is 5.26 Å². The predicted octanol–water partition coefficient (Wildman–Crippen LogP) is 1.38. The minimum atomic E-state index is -0.657. The van der Waals surface area contributed by atoms with E-state index in [9.17, 15) is 5.11 Å². The Kier molecular flexibility index (Phi) is 5.63. The molecule has 0 fully saturated rings. The fraction of sp³-hybridized carbons (Fsp3) is 0.500. The van der Waals surface area contributed by atoms with Crippen LogP contribution in [0, 0.1) is 11.3 Å². The van der Waals surface area contributed by atoms with E-state index in [2.05, 4.69) is 6.07 Å². The number of benzene rings is 1. The third kappa shape index (κ3) is 3.46. The minimum absolute atomic E-state index is 0.180. The van der Waals surface area contributed by atoms with E-state index in [1.807, 2.05) is 26.0 Å². The number of hydrogen-bond donors (Lipinski definition) is 2. The highest BCUT2D eigenvalue weighted by atomic mass is 16.5. The first-order chi connectivity index (χ1) is 8.65. The van der Waals surface area contributed by atoms with Crippen LogP contribution in [-0.2, 0) is 12.8 Å². The molecule has 0 saturated heterocycles. The lowest BCUT2D eigenvalue weighted by Gasteiger charge is -2.17. The largest absolute Gasteiger partial charge is 0.490 e. The number of ether oxygens (including phenoxy) is 1. The molecule has 0 amide bonds. The lowest BCUT2D eigenvalue weighted by molar-refractivity contribution is 0.113. The molecule has 3 N–H and O–H groups in total. The van der Waals surface area contributed by atoms with Gasteiger partial charge in [-0.3, -0.25) is 0 Å². The number of nitrogens with two attached hydrogens (primary N) is 1. The molecule has 1 aromatic rings. The van der Waals surface area contributed by atoms with E-state index in [1.165, 1.54) is 0 Å². The third-order valence-electron chi connectivity index (χ3n) is 2.83. The van der Waals surface area contributed by atoms with Gasteiger partial charge in [-0.05, 0) is 36.1 Å². The van der Waals surface area contributed by atoms with Crippen molar-refractivity contribution in [1.82, 2.24) is 0 Å². The van der Waals surface area contributed by atoms with Crippen LogP contribution in [-0.4, -0.2) is 24.4 Å². The highest BCUT2D eigenvalue weighted by Crippen LogP contribution is 2.27. The topological polar surface area (TPSA) is 79.3 Å². The van der Waals surface area contributed by atoms with Crippen molar-refractivity contribution in [2.75, 3.05) is 13.2 Å². The molecule has 0 aliphatic rings. The highest BCUT2D eigenvalue weighted by molar-refractivity contribution is 5.48. The van der Waals surface area contributed by atoms with Crippen molar-refractivity contribution in [3.05, 3.63) is 28.8 Å². The third-order valence-corrected chi connectivity index (χ3v) is 2.83. The van der Waals surface area contributed by atoms with Crippen LogP contribution in [0.15, 0.2) is 12.1 Å². The van der Waals surface area contributed by atoms with Gasteiger partial charge in [0.05, 0.1) is 11.6 Å². The van der Waals surface area contributed by atoms with Crippen LogP contribution in [0.1, 0.15) is 30.5 Å². The lowest BCUT2D eigenvalue weighted by atomic mass is 10.0. The number of aliphatic hydroxyl groups excluding tert-OH is 1. The van der Waals surface area contributed by atoms with Crippen LogP contribution in [0.25, 0.3) is 0 Å². The first-order valence-corrected chi connectivity index (χ1v) is 6.23. The van der Waals surface area contributed by atoms with Gasteiger partial charge in [0.2, 0.25) is 0 Å². The smallest absolute Gasteiger partial charge is 0.125 e. The molecule has 0 aromatic heterocycles. The van der Waals surface area contributed by atoms with Gasteiger partial charge in [-0.25, -0.2) is 0 Å². The lowest BCUT2D eigenvalue weighted by Crippen LogP contribution is -2.27. The van der Waals surface area contributed by atoms with E-state index in [0.717, 1.165) is 29.7 Å². The Morgan fingerprint density at radius 3 is 2.28 bits per heavy atom. The molecule has 1 rings (SSSR count). The second kappa shape index (κ2) is 7.00. The summed E-state index contributed by atoms with van der Waals surface area (Å²) in [5.74, 6) is 0.784. The first kappa shape index (κ1) is 14.5. The maximum atomic E-state index is 9.44. The summed E-state index contributed by atoms with van der Waals surface area (Å²) in [4.78, 5) is 0. The maximum absolute atomic E-state index is 9.44. The van der Waals surface area contributed by atoms with Crippen LogP contribution in [0.5, 0.6) is 5.75 Å². The fourth-order valence-electron chi connectivity index (χ4n) is 1.78. The Morgan fingerprint density at radius 1 is 1.33 bits per heavy atom. The van der Waals surface area contributed by atoms with Crippen molar-refractivity contribution in [2.24, 2.45) is 5.73 Å². The molecular weight excluding hydrogens is 228 g/mol. The number of aliphatic hydroxyl groups is 1. The number of aryl methyl sites for hydroxylation is 2. The van der Waals surface area contributed by atoms with E-state index < -0.39 is 6.10 Å². The molecule has 0 aliphatic heterocycles. The average molecular weight is 248 g/mol. The molecule has 18 heavy (non-hydrogen) atoms. The molecule has 4 heteroatoms. The van der Waals surface area contributed by atoms with Crippen LogP contribution in [0.3, 0.4) is 0 Å². The van der Waals surface area contributed by atoms with Gasteiger partial charge in [0.1, 0.15) is 18.5 Å². The Bertz CT molecular complexity index is 413. The Labute approximate surface area is 108 Å². The second-order valence-corrected chi connectivity index (χ2v) is 4.14. The fourth-order valence-corrected chi connectivity index (χ4v) is 1.78. The summed E-state index contributed by atoms with van der Waals surface area (Å²) in [6.07, 6.45) is 0.919. The monoisotopic (exact) mass is 248 g/mol. The molecule has 0 heterocycles. The summed E-state index contributed by atoms with van der Waals surface area (Å²) in [7, 11) is 0. The SMILES string of the molecule is CCc1cc(C#N)cc(CC)c1OC[C@@H](O)CN. The van der Waals surface area contributed by atoms with Gasteiger partial charge in [-0.2, -0.15) is 5.26 Å². The molecule has 1 aromatic carbocycles.